The number of halogens is 2. The van der Waals surface area contributed by atoms with Crippen molar-refractivity contribution in [3.8, 4) is 0 Å². The van der Waals surface area contributed by atoms with Gasteiger partial charge in [-0.3, -0.25) is 9.69 Å². The molecule has 7 nitrogen and oxygen atoms in total. The molecule has 2 saturated heterocycles. The number of amides is 1. The second-order valence-corrected chi connectivity index (χ2v) is 12.3. The van der Waals surface area contributed by atoms with Crippen LogP contribution in [0.2, 0.25) is 10.0 Å². The minimum atomic E-state index is -3.17. The number of benzene rings is 1. The minimum Gasteiger partial charge on any atom is -0.324 e. The van der Waals surface area contributed by atoms with Crippen LogP contribution < -0.4 is 5.32 Å². The molecule has 0 radical (unpaired) electrons. The summed E-state index contributed by atoms with van der Waals surface area (Å²) in [6.07, 6.45) is 0.786. The quantitative estimate of drug-likeness (QED) is 0.724. The van der Waals surface area contributed by atoms with Gasteiger partial charge in [-0.2, -0.15) is 0 Å². The summed E-state index contributed by atoms with van der Waals surface area (Å²) in [4.78, 5) is 14.3. The number of hydrogen-bond donors (Lipinski definition) is 1. The van der Waals surface area contributed by atoms with Crippen molar-refractivity contribution in [3.63, 3.8) is 0 Å². The second kappa shape index (κ2) is 7.87. The first-order valence-corrected chi connectivity index (χ1v) is 12.9. The standard InChI is InChI=1S/C16H20Cl2N2O5S2/c17-11-1-2-14(18)15(7-11)19-16(21)8-20(12-3-5-26(22,23)9-12)13-4-6-27(24,25)10-13/h1-2,7,12-13H,3-6,8-10H2,(H,19,21). The maximum atomic E-state index is 12.6. The molecule has 0 aliphatic carbocycles. The van der Waals surface area contributed by atoms with Gasteiger partial charge in [0.15, 0.2) is 19.7 Å². The summed E-state index contributed by atoms with van der Waals surface area (Å²) in [5.41, 5.74) is 0.354. The summed E-state index contributed by atoms with van der Waals surface area (Å²) in [6.45, 7) is -0.108. The number of rotatable bonds is 5. The van der Waals surface area contributed by atoms with Gasteiger partial charge in [0.25, 0.3) is 0 Å². The predicted molar refractivity (Wildman–Crippen MR) is 106 cm³/mol. The van der Waals surface area contributed by atoms with E-state index < -0.39 is 25.6 Å². The van der Waals surface area contributed by atoms with E-state index in [4.69, 9.17) is 23.2 Å². The highest BCUT2D eigenvalue weighted by atomic mass is 35.5. The van der Waals surface area contributed by atoms with Gasteiger partial charge in [-0.15, -0.1) is 0 Å². The van der Waals surface area contributed by atoms with Crippen LogP contribution in [0.5, 0.6) is 0 Å². The van der Waals surface area contributed by atoms with Crippen molar-refractivity contribution in [2.45, 2.75) is 24.9 Å². The zero-order chi connectivity index (χ0) is 19.8. The Bertz CT molecular complexity index is 906. The Morgan fingerprint density at radius 1 is 1.04 bits per heavy atom. The maximum absolute atomic E-state index is 12.6. The van der Waals surface area contributed by atoms with Crippen molar-refractivity contribution in [1.82, 2.24) is 4.90 Å². The highest BCUT2D eigenvalue weighted by molar-refractivity contribution is 7.92. The number of nitrogens with zero attached hydrogens (tertiary/aromatic N) is 1. The van der Waals surface area contributed by atoms with E-state index in [1.165, 1.54) is 6.07 Å². The third-order valence-electron chi connectivity index (χ3n) is 4.88. The highest BCUT2D eigenvalue weighted by Crippen LogP contribution is 2.27. The molecule has 1 aromatic carbocycles. The van der Waals surface area contributed by atoms with E-state index >= 15 is 0 Å². The number of nitrogens with one attached hydrogen (secondary N) is 1. The van der Waals surface area contributed by atoms with Gasteiger partial charge in [0.2, 0.25) is 5.91 Å². The summed E-state index contributed by atoms with van der Waals surface area (Å²) >= 11 is 12.0. The van der Waals surface area contributed by atoms with Crippen molar-refractivity contribution < 1.29 is 21.6 Å². The van der Waals surface area contributed by atoms with Gasteiger partial charge in [-0.25, -0.2) is 16.8 Å². The molecule has 2 unspecified atom stereocenters. The topological polar surface area (TPSA) is 101 Å². The summed E-state index contributed by atoms with van der Waals surface area (Å²) in [7, 11) is -6.33. The van der Waals surface area contributed by atoms with Crippen LogP contribution in [-0.2, 0) is 24.5 Å². The van der Waals surface area contributed by atoms with Gasteiger partial charge in [0, 0.05) is 17.1 Å². The monoisotopic (exact) mass is 454 g/mol. The van der Waals surface area contributed by atoms with Gasteiger partial charge >= 0.3 is 0 Å². The van der Waals surface area contributed by atoms with Crippen LogP contribution in [0, 0.1) is 0 Å². The Morgan fingerprint density at radius 2 is 1.59 bits per heavy atom. The van der Waals surface area contributed by atoms with E-state index in [0.717, 1.165) is 0 Å². The second-order valence-electron chi connectivity index (χ2n) is 6.96. The Hall–Kier alpha value is -0.870. The summed E-state index contributed by atoms with van der Waals surface area (Å²) in [5, 5.41) is 3.41. The van der Waals surface area contributed by atoms with Crippen molar-refractivity contribution >= 4 is 54.5 Å². The van der Waals surface area contributed by atoms with E-state index in [1.807, 2.05) is 0 Å². The molecule has 2 aliphatic rings. The van der Waals surface area contributed by atoms with Gasteiger partial charge in [0.1, 0.15) is 0 Å². The molecule has 1 amide bonds. The Morgan fingerprint density at radius 3 is 2.07 bits per heavy atom. The van der Waals surface area contributed by atoms with Crippen LogP contribution in [0.1, 0.15) is 12.8 Å². The van der Waals surface area contributed by atoms with Gasteiger partial charge in [0.05, 0.1) is 40.3 Å². The van der Waals surface area contributed by atoms with Crippen LogP contribution in [0.3, 0.4) is 0 Å². The van der Waals surface area contributed by atoms with Crippen molar-refractivity contribution in [3.05, 3.63) is 28.2 Å². The Labute approximate surface area is 168 Å². The van der Waals surface area contributed by atoms with E-state index in [-0.39, 0.29) is 41.6 Å². The number of carbonyl (C=O) groups is 1. The molecule has 0 spiro atoms. The molecular weight excluding hydrogens is 435 g/mol. The van der Waals surface area contributed by atoms with Crippen LogP contribution in [-0.4, -0.2) is 69.3 Å². The number of hydrogen-bond acceptors (Lipinski definition) is 6. The largest absolute Gasteiger partial charge is 0.324 e. The lowest BCUT2D eigenvalue weighted by Crippen LogP contribution is -2.48. The Balaban J connectivity index is 1.76. The molecule has 3 rings (SSSR count). The molecule has 150 valence electrons. The molecule has 27 heavy (non-hydrogen) atoms. The van der Waals surface area contributed by atoms with E-state index in [0.29, 0.717) is 28.6 Å². The van der Waals surface area contributed by atoms with Gasteiger partial charge < -0.3 is 5.32 Å². The van der Waals surface area contributed by atoms with E-state index in [1.54, 1.807) is 17.0 Å². The number of anilines is 1. The third-order valence-corrected chi connectivity index (χ3v) is 8.95. The van der Waals surface area contributed by atoms with Crippen LogP contribution in [0.4, 0.5) is 5.69 Å². The molecule has 2 heterocycles. The average Bonchev–Trinajstić information content (AvgIpc) is 3.10. The molecular formula is C16H20Cl2N2O5S2. The fourth-order valence-corrected chi connectivity index (χ4v) is 7.40. The first-order chi connectivity index (χ1) is 12.5. The maximum Gasteiger partial charge on any atom is 0.238 e. The fraction of sp³-hybridized carbons (Fsp3) is 0.562. The third kappa shape index (κ3) is 5.35. The Kier molecular flexibility index (Phi) is 6.08. The average molecular weight is 455 g/mol. The molecule has 0 bridgehead atoms. The molecule has 2 fully saturated rings. The normalized spacial score (nSPS) is 26.3. The summed E-state index contributed by atoms with van der Waals surface area (Å²) < 4.78 is 47.5. The van der Waals surface area contributed by atoms with Crippen molar-refractivity contribution in [2.75, 3.05) is 34.9 Å². The number of sulfone groups is 2. The number of carbonyl (C=O) groups excluding carboxylic acids is 1. The first kappa shape index (κ1) is 20.9. The predicted octanol–water partition coefficient (Wildman–Crippen LogP) is 1.61. The van der Waals surface area contributed by atoms with Crippen LogP contribution in [0.15, 0.2) is 18.2 Å². The van der Waals surface area contributed by atoms with E-state index in [2.05, 4.69) is 5.32 Å². The molecule has 1 aromatic rings. The van der Waals surface area contributed by atoms with E-state index in [9.17, 15) is 21.6 Å². The molecule has 11 heteroatoms. The summed E-state index contributed by atoms with van der Waals surface area (Å²) in [5.74, 6) is -0.415. The first-order valence-electron chi connectivity index (χ1n) is 8.46. The smallest absolute Gasteiger partial charge is 0.238 e. The van der Waals surface area contributed by atoms with Crippen LogP contribution >= 0.6 is 23.2 Å². The SMILES string of the molecule is O=C(CN(C1CCS(=O)(=O)C1)C1CCS(=O)(=O)C1)Nc1cc(Cl)ccc1Cl. The lowest BCUT2D eigenvalue weighted by atomic mass is 10.1. The minimum absolute atomic E-state index is 0.0510. The molecule has 2 aliphatic heterocycles. The fourth-order valence-electron chi connectivity index (χ4n) is 3.58. The van der Waals surface area contributed by atoms with Gasteiger partial charge in [-0.1, -0.05) is 23.2 Å². The van der Waals surface area contributed by atoms with Crippen molar-refractivity contribution in [1.29, 1.82) is 0 Å². The summed E-state index contributed by atoms with van der Waals surface area (Å²) in [6, 6.07) is 3.94. The highest BCUT2D eigenvalue weighted by Gasteiger charge is 2.40. The van der Waals surface area contributed by atoms with Crippen LogP contribution in [0.25, 0.3) is 0 Å². The molecule has 0 aromatic heterocycles. The zero-order valence-electron chi connectivity index (χ0n) is 14.4. The lowest BCUT2D eigenvalue weighted by molar-refractivity contribution is -0.118. The zero-order valence-corrected chi connectivity index (χ0v) is 17.5. The molecule has 1 N–H and O–H groups in total. The molecule has 0 saturated carbocycles. The van der Waals surface area contributed by atoms with Gasteiger partial charge in [-0.05, 0) is 31.0 Å². The van der Waals surface area contributed by atoms with Crippen molar-refractivity contribution in [2.24, 2.45) is 0 Å². The lowest BCUT2D eigenvalue weighted by Gasteiger charge is -2.32. The molecule has 2 atom stereocenters.